The van der Waals surface area contributed by atoms with Crippen LogP contribution in [0.1, 0.15) is 12.8 Å². The van der Waals surface area contributed by atoms with Gasteiger partial charge in [-0.2, -0.15) is 0 Å². The van der Waals surface area contributed by atoms with Crippen LogP contribution in [-0.2, 0) is 0 Å². The lowest BCUT2D eigenvalue weighted by Crippen LogP contribution is -2.14. The van der Waals surface area contributed by atoms with E-state index in [1.165, 1.54) is 6.07 Å². The maximum absolute atomic E-state index is 11.0. The molecular weight excluding hydrogens is 268 g/mol. The second kappa shape index (κ2) is 6.99. The van der Waals surface area contributed by atoms with Crippen LogP contribution >= 0.6 is 0 Å². The summed E-state index contributed by atoms with van der Waals surface area (Å²) in [5.41, 5.74) is 1.37. The van der Waals surface area contributed by atoms with Gasteiger partial charge in [-0.05, 0) is 39.5 Å². The molecule has 1 heterocycles. The minimum absolute atomic E-state index is 0.0451. The molecule has 0 radical (unpaired) electrons. The fraction of sp³-hybridized carbons (Fsp3) is 0.400. The van der Waals surface area contributed by atoms with E-state index < -0.39 is 4.92 Å². The summed E-state index contributed by atoms with van der Waals surface area (Å²) >= 11 is 0. The molecule has 6 nitrogen and oxygen atoms in total. The van der Waals surface area contributed by atoms with E-state index in [-0.39, 0.29) is 5.69 Å². The highest BCUT2D eigenvalue weighted by Gasteiger charge is 2.13. The van der Waals surface area contributed by atoms with Gasteiger partial charge in [-0.25, -0.2) is 4.98 Å². The SMILES string of the molecule is CN(C)CCCCNc1ccnc2c([N+](=O)[O-])cccc12. The highest BCUT2D eigenvalue weighted by Crippen LogP contribution is 2.28. The number of hydrogen-bond acceptors (Lipinski definition) is 5. The number of nitro groups is 1. The quantitative estimate of drug-likeness (QED) is 0.482. The van der Waals surface area contributed by atoms with Crippen molar-refractivity contribution < 1.29 is 4.92 Å². The normalized spacial score (nSPS) is 11.0. The number of hydrogen-bond donors (Lipinski definition) is 1. The Morgan fingerprint density at radius 3 is 2.81 bits per heavy atom. The van der Waals surface area contributed by atoms with Gasteiger partial charge in [0.2, 0.25) is 0 Å². The molecule has 2 aromatic rings. The predicted molar refractivity (Wildman–Crippen MR) is 84.7 cm³/mol. The number of para-hydroxylation sites is 1. The van der Waals surface area contributed by atoms with Gasteiger partial charge in [0, 0.05) is 29.9 Å². The zero-order chi connectivity index (χ0) is 15.2. The molecule has 6 heteroatoms. The number of fused-ring (bicyclic) bond motifs is 1. The minimum Gasteiger partial charge on any atom is -0.384 e. The number of nitrogens with zero attached hydrogens (tertiary/aromatic N) is 3. The lowest BCUT2D eigenvalue weighted by atomic mass is 10.1. The number of rotatable bonds is 7. The van der Waals surface area contributed by atoms with Crippen LogP contribution in [0.3, 0.4) is 0 Å². The van der Waals surface area contributed by atoms with Gasteiger partial charge in [-0.1, -0.05) is 12.1 Å². The summed E-state index contributed by atoms with van der Waals surface area (Å²) in [6.45, 7) is 1.90. The minimum atomic E-state index is -0.393. The molecule has 0 saturated carbocycles. The maximum atomic E-state index is 11.0. The van der Waals surface area contributed by atoms with Gasteiger partial charge in [-0.15, -0.1) is 0 Å². The van der Waals surface area contributed by atoms with E-state index >= 15 is 0 Å². The van der Waals surface area contributed by atoms with Crippen LogP contribution in [0.25, 0.3) is 10.9 Å². The van der Waals surface area contributed by atoms with Gasteiger partial charge in [0.1, 0.15) is 5.52 Å². The van der Waals surface area contributed by atoms with E-state index in [1.54, 1.807) is 12.3 Å². The average Bonchev–Trinajstić information content (AvgIpc) is 2.46. The fourth-order valence-electron chi connectivity index (χ4n) is 2.24. The van der Waals surface area contributed by atoms with Gasteiger partial charge in [0.25, 0.3) is 5.69 Å². The Hall–Kier alpha value is -2.21. The van der Waals surface area contributed by atoms with Gasteiger partial charge in [-0.3, -0.25) is 10.1 Å². The summed E-state index contributed by atoms with van der Waals surface area (Å²) in [5, 5.41) is 15.2. The van der Waals surface area contributed by atoms with Crippen molar-refractivity contribution in [3.63, 3.8) is 0 Å². The number of aromatic nitrogens is 1. The van der Waals surface area contributed by atoms with Gasteiger partial charge in [0.15, 0.2) is 0 Å². The molecule has 0 aliphatic carbocycles. The molecule has 0 spiro atoms. The zero-order valence-electron chi connectivity index (χ0n) is 12.4. The van der Waals surface area contributed by atoms with Crippen LogP contribution < -0.4 is 5.32 Å². The lowest BCUT2D eigenvalue weighted by Gasteiger charge is -2.11. The van der Waals surface area contributed by atoms with E-state index in [0.717, 1.165) is 37.0 Å². The molecule has 0 saturated heterocycles. The number of pyridine rings is 1. The number of nitro benzene ring substituents is 1. The van der Waals surface area contributed by atoms with E-state index in [9.17, 15) is 10.1 Å². The maximum Gasteiger partial charge on any atom is 0.295 e. The summed E-state index contributed by atoms with van der Waals surface area (Å²) in [7, 11) is 4.12. The second-order valence-corrected chi connectivity index (χ2v) is 5.23. The Morgan fingerprint density at radius 2 is 2.10 bits per heavy atom. The molecule has 2 rings (SSSR count). The number of unbranched alkanes of at least 4 members (excludes halogenated alkanes) is 1. The lowest BCUT2D eigenvalue weighted by molar-refractivity contribution is -0.383. The fourth-order valence-corrected chi connectivity index (χ4v) is 2.24. The zero-order valence-corrected chi connectivity index (χ0v) is 12.4. The predicted octanol–water partition coefficient (Wildman–Crippen LogP) is 2.90. The van der Waals surface area contributed by atoms with Crippen molar-refractivity contribution >= 4 is 22.3 Å². The largest absolute Gasteiger partial charge is 0.384 e. The summed E-state index contributed by atoms with van der Waals surface area (Å²) in [4.78, 5) is 16.9. The van der Waals surface area contributed by atoms with Crippen molar-refractivity contribution in [2.24, 2.45) is 0 Å². The first-order valence-corrected chi connectivity index (χ1v) is 7.00. The Balaban J connectivity index is 2.10. The Morgan fingerprint density at radius 1 is 1.29 bits per heavy atom. The molecule has 1 aromatic heterocycles. The molecule has 0 aliphatic heterocycles. The topological polar surface area (TPSA) is 71.3 Å². The smallest absolute Gasteiger partial charge is 0.295 e. The van der Waals surface area contributed by atoms with Crippen LogP contribution in [0.2, 0.25) is 0 Å². The van der Waals surface area contributed by atoms with Crippen LogP contribution in [-0.4, -0.2) is 42.0 Å². The summed E-state index contributed by atoms with van der Waals surface area (Å²) in [6, 6.07) is 6.89. The molecular formula is C15H20N4O2. The molecule has 0 amide bonds. The summed E-state index contributed by atoms with van der Waals surface area (Å²) in [5.74, 6) is 0. The van der Waals surface area contributed by atoms with Crippen molar-refractivity contribution in [1.82, 2.24) is 9.88 Å². The van der Waals surface area contributed by atoms with Crippen molar-refractivity contribution in [3.05, 3.63) is 40.6 Å². The highest BCUT2D eigenvalue weighted by atomic mass is 16.6. The number of anilines is 1. The third-order valence-corrected chi connectivity index (χ3v) is 3.29. The van der Waals surface area contributed by atoms with Crippen LogP contribution in [0.15, 0.2) is 30.5 Å². The highest BCUT2D eigenvalue weighted by molar-refractivity contribution is 5.96. The van der Waals surface area contributed by atoms with Crippen molar-refractivity contribution in [2.75, 3.05) is 32.5 Å². The molecule has 0 atom stereocenters. The van der Waals surface area contributed by atoms with E-state index in [0.29, 0.717) is 5.52 Å². The second-order valence-electron chi connectivity index (χ2n) is 5.23. The molecule has 0 fully saturated rings. The Bertz CT molecular complexity index is 628. The molecule has 0 unspecified atom stereocenters. The average molecular weight is 288 g/mol. The van der Waals surface area contributed by atoms with E-state index in [2.05, 4.69) is 29.3 Å². The summed E-state index contributed by atoms with van der Waals surface area (Å²) in [6.07, 6.45) is 3.78. The Kier molecular flexibility index (Phi) is 5.05. The number of non-ortho nitro benzene ring substituents is 1. The van der Waals surface area contributed by atoms with Crippen LogP contribution in [0.5, 0.6) is 0 Å². The first-order valence-electron chi connectivity index (χ1n) is 7.00. The molecule has 112 valence electrons. The van der Waals surface area contributed by atoms with Crippen LogP contribution in [0.4, 0.5) is 11.4 Å². The molecule has 1 aromatic carbocycles. The third-order valence-electron chi connectivity index (χ3n) is 3.29. The monoisotopic (exact) mass is 288 g/mol. The summed E-state index contributed by atoms with van der Waals surface area (Å²) < 4.78 is 0. The van der Waals surface area contributed by atoms with Gasteiger partial charge < -0.3 is 10.2 Å². The van der Waals surface area contributed by atoms with Crippen molar-refractivity contribution in [3.8, 4) is 0 Å². The number of benzene rings is 1. The molecule has 1 N–H and O–H groups in total. The molecule has 0 bridgehead atoms. The van der Waals surface area contributed by atoms with E-state index in [4.69, 9.17) is 0 Å². The molecule has 21 heavy (non-hydrogen) atoms. The molecule has 0 aliphatic rings. The first-order chi connectivity index (χ1) is 10.1. The Labute approximate surface area is 123 Å². The van der Waals surface area contributed by atoms with Gasteiger partial charge >= 0.3 is 0 Å². The first kappa shape index (κ1) is 15.2. The third kappa shape index (κ3) is 3.88. The van der Waals surface area contributed by atoms with Gasteiger partial charge in [0.05, 0.1) is 4.92 Å². The van der Waals surface area contributed by atoms with Crippen molar-refractivity contribution in [1.29, 1.82) is 0 Å². The van der Waals surface area contributed by atoms with E-state index in [1.807, 2.05) is 12.1 Å². The number of nitrogens with one attached hydrogen (secondary N) is 1. The standard InChI is InChI=1S/C15H20N4O2/c1-18(2)11-4-3-9-16-13-8-10-17-15-12(13)6-5-7-14(15)19(20)21/h5-8,10H,3-4,9,11H2,1-2H3,(H,16,17). The van der Waals surface area contributed by atoms with Crippen LogP contribution in [0, 0.1) is 10.1 Å². The van der Waals surface area contributed by atoms with Crippen molar-refractivity contribution in [2.45, 2.75) is 12.8 Å².